The molecular formula is C92H98Cl2N12O16S2. The molecule has 10 aromatic rings. The second-order valence-electron chi connectivity index (χ2n) is 35.2. The molecule has 2 saturated heterocycles. The van der Waals surface area contributed by atoms with Gasteiger partial charge in [-0.2, -0.15) is 0 Å². The highest BCUT2D eigenvalue weighted by atomic mass is 35.5. The number of nitrogens with zero attached hydrogens (tertiary/aromatic N) is 8. The number of benzene rings is 6. The average Bonchev–Trinajstić information content (AvgIpc) is 0.951. The SMILES string of the molecule is CC1(C)CCC(CN2CCN(c3ccc(C(=O)NS(=O)(=O)c4cc5c(c([N+](=O)[O-])c4)C[C@@H](COC4CC4)CO5)c(Oc4cnc5[nH]ccc5c4)c3)CC2)=C(c2ccc(Cl)cc2)C1.CC1(C)CCC(CN2CCN(c3ccc(C(=O)NS(=O)(=O)c4cc5c(c([N+](=O)[O-])c4)C[C@H](COC4CC4)CO5)c(Oc4cnc5[nH]ccc5c4)c3)CC2)=C(c2ccc(Cl)cc2)C1. The summed E-state index contributed by atoms with van der Waals surface area (Å²) >= 11 is 12.5. The predicted molar refractivity (Wildman–Crippen MR) is 473 cm³/mol. The van der Waals surface area contributed by atoms with Gasteiger partial charge in [-0.05, 0) is 183 Å². The van der Waals surface area contributed by atoms with E-state index in [0.29, 0.717) is 60.0 Å². The zero-order chi connectivity index (χ0) is 86.3. The van der Waals surface area contributed by atoms with Crippen LogP contribution in [-0.2, 0) is 42.4 Å². The number of piperazine rings is 2. The van der Waals surface area contributed by atoms with E-state index < -0.39 is 62.9 Å². The lowest BCUT2D eigenvalue weighted by Gasteiger charge is -2.39. The van der Waals surface area contributed by atoms with E-state index in [0.717, 1.165) is 174 Å². The van der Waals surface area contributed by atoms with Crippen molar-refractivity contribution < 1.29 is 64.7 Å². The van der Waals surface area contributed by atoms with E-state index in [1.165, 1.54) is 57.9 Å². The number of aromatic amines is 2. The monoisotopic (exact) mass is 1760 g/mol. The minimum atomic E-state index is -4.62. The van der Waals surface area contributed by atoms with E-state index in [4.69, 9.17) is 51.6 Å². The van der Waals surface area contributed by atoms with Crippen molar-refractivity contribution in [2.24, 2.45) is 22.7 Å². The smallest absolute Gasteiger partial charge is 0.277 e. The third kappa shape index (κ3) is 20.0. The van der Waals surface area contributed by atoms with Gasteiger partial charge < -0.3 is 48.2 Å². The standard InChI is InChI=1S/2C46H49ClN6O8S/c2*1-46(2)13-11-32(40(24-46)30-3-5-33(47)6-4-30)26-51-15-17-52(18-16-51)34-7-10-38(43(21-34)61-36-20-31-12-14-48-44(31)49-25-36)45(54)50-62(57,58)37-22-41(53(55)56)39-19-29(27-59-35-8-9-35)28-60-42(39)23-37/h2*3-7,10,12,14,20-23,25,29,35H,8-9,11,13,15-19,24,26-28H2,1-2H3,(H,48,49)(H,50,54)/t2*29-/m10/s1. The molecule has 4 aliphatic heterocycles. The molecule has 4 aromatic heterocycles. The van der Waals surface area contributed by atoms with Crippen molar-refractivity contribution in [1.29, 1.82) is 0 Å². The number of nitro groups is 2. The fourth-order valence-corrected chi connectivity index (χ4v) is 19.5. The Morgan fingerprint density at radius 1 is 0.532 bits per heavy atom. The molecule has 2 amide bonds. The highest BCUT2D eigenvalue weighted by molar-refractivity contribution is 7.90. The van der Waals surface area contributed by atoms with Crippen LogP contribution in [0.4, 0.5) is 22.7 Å². The molecule has 0 spiro atoms. The molecule has 124 heavy (non-hydrogen) atoms. The lowest BCUT2D eigenvalue weighted by molar-refractivity contribution is -0.386. The van der Waals surface area contributed by atoms with Gasteiger partial charge in [0, 0.05) is 158 Å². The van der Waals surface area contributed by atoms with E-state index in [1.807, 2.05) is 36.4 Å². The Balaban J connectivity index is 0.000000176. The van der Waals surface area contributed by atoms with Crippen molar-refractivity contribution >= 4 is 111 Å². The largest absolute Gasteiger partial charge is 0.493 e. The van der Waals surface area contributed by atoms with Crippen LogP contribution < -0.4 is 38.2 Å². The minimum Gasteiger partial charge on any atom is -0.493 e. The highest BCUT2D eigenvalue weighted by Gasteiger charge is 2.39. The van der Waals surface area contributed by atoms with Crippen LogP contribution >= 0.6 is 23.2 Å². The van der Waals surface area contributed by atoms with Crippen LogP contribution in [-0.4, -0.2) is 172 Å². The number of ether oxygens (including phenoxy) is 6. The summed E-state index contributed by atoms with van der Waals surface area (Å²) in [6, 6.07) is 38.1. The lowest BCUT2D eigenvalue weighted by atomic mass is 9.72. The number of carbonyl (C=O) groups excluding carboxylic acids is 2. The molecule has 0 radical (unpaired) electrons. The van der Waals surface area contributed by atoms with Gasteiger partial charge in [0.15, 0.2) is 0 Å². The number of anilines is 2. The summed E-state index contributed by atoms with van der Waals surface area (Å²) < 4.78 is 95.6. The van der Waals surface area contributed by atoms with Crippen molar-refractivity contribution in [2.75, 3.05) is 102 Å². The molecule has 4 aliphatic carbocycles. The molecule has 28 nitrogen and oxygen atoms in total. The Kier molecular flexibility index (Phi) is 24.5. The molecule has 32 heteroatoms. The number of hydrogen-bond donors (Lipinski definition) is 4. The minimum absolute atomic E-state index is 0.0470. The Morgan fingerprint density at radius 2 is 0.927 bits per heavy atom. The van der Waals surface area contributed by atoms with Crippen molar-refractivity contribution in [3.05, 3.63) is 233 Å². The van der Waals surface area contributed by atoms with Crippen molar-refractivity contribution in [3.8, 4) is 34.5 Å². The quantitative estimate of drug-likeness (QED) is 0.0289. The Hall–Kier alpha value is -11.0. The van der Waals surface area contributed by atoms with Crippen LogP contribution in [0.5, 0.6) is 34.5 Å². The lowest BCUT2D eigenvalue weighted by Crippen LogP contribution is -2.47. The summed E-state index contributed by atoms with van der Waals surface area (Å²) in [5.41, 5.74) is 11.3. The summed E-state index contributed by atoms with van der Waals surface area (Å²) in [5.74, 6) is -1.02. The number of carbonyl (C=O) groups is 2. The van der Waals surface area contributed by atoms with Crippen LogP contribution in [0, 0.1) is 42.9 Å². The third-order valence-electron chi connectivity index (χ3n) is 24.6. The van der Waals surface area contributed by atoms with Crippen LogP contribution in [0.15, 0.2) is 179 Å². The molecule has 8 heterocycles. The first-order chi connectivity index (χ1) is 59.5. The summed E-state index contributed by atoms with van der Waals surface area (Å²) in [5, 5.41) is 27.5. The van der Waals surface area contributed by atoms with E-state index in [1.54, 1.807) is 60.9 Å². The topological polar surface area (TPSA) is 338 Å². The van der Waals surface area contributed by atoms with Crippen LogP contribution in [0.3, 0.4) is 0 Å². The number of sulfonamides is 2. The molecule has 0 unspecified atom stereocenters. The van der Waals surface area contributed by atoms with E-state index in [9.17, 15) is 46.7 Å². The number of amides is 2. The molecular weight excluding hydrogens is 1660 g/mol. The molecule has 6 aromatic carbocycles. The van der Waals surface area contributed by atoms with Crippen LogP contribution in [0.25, 0.3) is 33.2 Å². The van der Waals surface area contributed by atoms with Crippen molar-refractivity contribution in [3.63, 3.8) is 0 Å². The number of nitro benzene ring substituents is 2. The maximum Gasteiger partial charge on any atom is 0.277 e. The molecule has 0 bridgehead atoms. The molecule has 8 aliphatic rings. The van der Waals surface area contributed by atoms with Crippen LogP contribution in [0.1, 0.15) is 135 Å². The number of fused-ring (bicyclic) bond motifs is 4. The highest BCUT2D eigenvalue weighted by Crippen LogP contribution is 2.48. The van der Waals surface area contributed by atoms with Crippen LogP contribution in [0.2, 0.25) is 10.0 Å². The fourth-order valence-electron chi connectivity index (χ4n) is 17.3. The Morgan fingerprint density at radius 3 is 1.31 bits per heavy atom. The van der Waals surface area contributed by atoms with Gasteiger partial charge in [0.25, 0.3) is 43.2 Å². The molecule has 18 rings (SSSR count). The summed E-state index contributed by atoms with van der Waals surface area (Å²) in [7, 11) is -9.24. The zero-order valence-corrected chi connectivity index (χ0v) is 72.5. The molecule has 4 N–H and O–H groups in total. The van der Waals surface area contributed by atoms with E-state index >= 15 is 0 Å². The van der Waals surface area contributed by atoms with Gasteiger partial charge in [0.1, 0.15) is 45.8 Å². The molecule has 2 saturated carbocycles. The third-order valence-corrected chi connectivity index (χ3v) is 27.7. The number of pyridine rings is 2. The maximum absolute atomic E-state index is 14.0. The summed E-state index contributed by atoms with van der Waals surface area (Å²) in [6.45, 7) is 18.5. The number of allylic oxidation sites excluding steroid dienone is 2. The van der Waals surface area contributed by atoms with Gasteiger partial charge in [0.2, 0.25) is 0 Å². The summed E-state index contributed by atoms with van der Waals surface area (Å²) in [6.07, 6.45) is 18.0. The van der Waals surface area contributed by atoms with E-state index in [2.05, 4.69) is 101 Å². The van der Waals surface area contributed by atoms with Gasteiger partial charge in [-0.25, -0.2) is 36.2 Å². The first kappa shape index (κ1) is 85.2. The number of nitrogens with one attached hydrogen (secondary N) is 4. The van der Waals surface area contributed by atoms with Crippen molar-refractivity contribution in [1.82, 2.24) is 39.2 Å². The van der Waals surface area contributed by atoms with Crippen molar-refractivity contribution in [2.45, 2.75) is 127 Å². The van der Waals surface area contributed by atoms with Gasteiger partial charge >= 0.3 is 0 Å². The normalized spacial score (nSPS) is 19.2. The second kappa shape index (κ2) is 35.6. The molecule has 2 atom stereocenters. The van der Waals surface area contributed by atoms with Gasteiger partial charge in [0.05, 0.1) is 92.9 Å². The maximum atomic E-state index is 14.0. The zero-order valence-electron chi connectivity index (χ0n) is 69.4. The Bertz CT molecular complexity index is 5710. The number of aromatic nitrogens is 4. The predicted octanol–water partition coefficient (Wildman–Crippen LogP) is 17.1. The molecule has 648 valence electrons. The van der Waals surface area contributed by atoms with E-state index in [-0.39, 0.29) is 82.2 Å². The number of H-pyrrole nitrogens is 2. The first-order valence-corrected chi connectivity index (χ1v) is 45.9. The Labute approximate surface area is 729 Å². The first-order valence-electron chi connectivity index (χ1n) is 42.2. The van der Waals surface area contributed by atoms with Gasteiger partial charge in [-0.15, -0.1) is 0 Å². The van der Waals surface area contributed by atoms with Gasteiger partial charge in [-0.1, -0.05) is 86.3 Å². The number of rotatable bonds is 26. The second-order valence-corrected chi connectivity index (χ2v) is 39.4. The average molecular weight is 1760 g/mol. The number of halogens is 2. The molecule has 4 fully saturated rings. The van der Waals surface area contributed by atoms with Gasteiger partial charge in [-0.3, -0.25) is 39.6 Å². The fraction of sp³-hybridized carbons (Fsp3) is 0.391. The number of hydrogen-bond acceptors (Lipinski definition) is 22. The summed E-state index contributed by atoms with van der Waals surface area (Å²) in [4.78, 5) is 74.7.